The summed E-state index contributed by atoms with van der Waals surface area (Å²) in [6, 6.07) is 3.86. The Labute approximate surface area is 159 Å². The minimum absolute atomic E-state index is 0.173. The summed E-state index contributed by atoms with van der Waals surface area (Å²) in [5.41, 5.74) is 5.80. The number of rotatable bonds is 5. The molecule has 4 N–H and O–H groups in total. The topological polar surface area (TPSA) is 120 Å². The van der Waals surface area contributed by atoms with E-state index >= 15 is 0 Å². The van der Waals surface area contributed by atoms with Crippen molar-refractivity contribution in [1.82, 2.24) is 9.21 Å². The van der Waals surface area contributed by atoms with Gasteiger partial charge in [-0.25, -0.2) is 21.9 Å². The van der Waals surface area contributed by atoms with Crippen LogP contribution in [0.4, 0.5) is 14.9 Å². The number of urea groups is 1. The molecule has 8 nitrogen and oxygen atoms in total. The van der Waals surface area contributed by atoms with Gasteiger partial charge in [0.2, 0.25) is 16.0 Å². The largest absolute Gasteiger partial charge is 0.369 e. The zero-order valence-corrected chi connectivity index (χ0v) is 16.4. The van der Waals surface area contributed by atoms with Crippen LogP contribution in [-0.4, -0.2) is 55.5 Å². The van der Waals surface area contributed by atoms with E-state index in [1.54, 1.807) is 11.8 Å². The number of carbonyl (C=O) groups excluding carboxylic acids is 1. The van der Waals surface area contributed by atoms with Gasteiger partial charge in [-0.1, -0.05) is 6.92 Å². The third-order valence-electron chi connectivity index (χ3n) is 4.64. The molecule has 1 heterocycles. The van der Waals surface area contributed by atoms with E-state index < -0.39 is 33.5 Å². The van der Waals surface area contributed by atoms with Crippen LogP contribution < -0.4 is 11.1 Å². The molecule has 27 heavy (non-hydrogen) atoms. The Morgan fingerprint density at radius 1 is 1.37 bits per heavy atom. The van der Waals surface area contributed by atoms with Crippen LogP contribution in [0.2, 0.25) is 0 Å². The summed E-state index contributed by atoms with van der Waals surface area (Å²) < 4.78 is 39.4. The number of nitrogens with two attached hydrogens (primary N) is 1. The van der Waals surface area contributed by atoms with Gasteiger partial charge in [0.15, 0.2) is 0 Å². The molecule has 1 aromatic carbocycles. The summed E-state index contributed by atoms with van der Waals surface area (Å²) >= 11 is 0. The van der Waals surface area contributed by atoms with Crippen LogP contribution in [0.25, 0.3) is 0 Å². The Kier molecular flexibility index (Phi) is 6.63. The minimum Gasteiger partial charge on any atom is -0.369 e. The highest BCUT2D eigenvalue weighted by atomic mass is 32.2. The van der Waals surface area contributed by atoms with E-state index in [1.165, 1.54) is 25.2 Å². The number of nitrogens with zero attached hydrogens (tertiary/aromatic N) is 2. The van der Waals surface area contributed by atoms with Gasteiger partial charge in [0, 0.05) is 25.8 Å². The number of piperidine rings is 1. The van der Waals surface area contributed by atoms with Crippen LogP contribution in [0, 0.1) is 11.2 Å². The fraction of sp³-hybridized carbons (Fsp3) is 0.529. The fourth-order valence-corrected chi connectivity index (χ4v) is 4.30. The first-order valence-electron chi connectivity index (χ1n) is 8.78. The van der Waals surface area contributed by atoms with Gasteiger partial charge in [0.25, 0.3) is 0 Å². The number of halogens is 1. The zero-order valence-electron chi connectivity index (χ0n) is 15.5. The quantitative estimate of drug-likeness (QED) is 0.519. The van der Waals surface area contributed by atoms with Gasteiger partial charge in [0.1, 0.15) is 5.82 Å². The molecule has 150 valence electrons. The minimum atomic E-state index is -3.86. The number of hydrogen-bond acceptors (Lipinski definition) is 4. The summed E-state index contributed by atoms with van der Waals surface area (Å²) in [6.45, 7) is 2.94. The van der Waals surface area contributed by atoms with Gasteiger partial charge in [0.05, 0.1) is 5.75 Å². The van der Waals surface area contributed by atoms with Crippen LogP contribution >= 0.6 is 0 Å². The first kappa shape index (κ1) is 20.9. The lowest BCUT2D eigenvalue weighted by Crippen LogP contribution is -2.40. The molecule has 1 atom stereocenters. The van der Waals surface area contributed by atoms with E-state index in [0.717, 1.165) is 19.3 Å². The van der Waals surface area contributed by atoms with Gasteiger partial charge >= 0.3 is 6.03 Å². The van der Waals surface area contributed by atoms with Crippen molar-refractivity contribution in [2.24, 2.45) is 5.73 Å². The third kappa shape index (κ3) is 5.31. The Hall–Kier alpha value is -2.36. The highest BCUT2D eigenvalue weighted by Crippen LogP contribution is 2.25. The maximum atomic E-state index is 14.2. The summed E-state index contributed by atoms with van der Waals surface area (Å²) in [5, 5.41) is 10.00. The number of sulfonamides is 1. The summed E-state index contributed by atoms with van der Waals surface area (Å²) in [6.07, 6.45) is 3.02. The second-order valence-corrected chi connectivity index (χ2v) is 8.79. The normalized spacial score (nSPS) is 15.9. The number of likely N-dealkylation sites (tertiary alicyclic amines) is 1. The average Bonchev–Trinajstić information content (AvgIpc) is 2.62. The smallest absolute Gasteiger partial charge is 0.321 e. The standard InChI is InChI=1S/C17H26FN5O3S/c1-12(11-27(25,26)22(2)16(19)20)14-10-13(6-7-15(14)18)21-17(24)23-8-4-3-5-9-23/h6-7,10,12H,3-5,8-9,11H2,1-2H3,(H3,19,20)(H,21,24)/t12-/m1/s1. The maximum absolute atomic E-state index is 14.2. The molecule has 2 rings (SSSR count). The van der Waals surface area contributed by atoms with Crippen molar-refractivity contribution < 1.29 is 17.6 Å². The lowest BCUT2D eigenvalue weighted by Gasteiger charge is -2.27. The van der Waals surface area contributed by atoms with Crippen molar-refractivity contribution in [3.63, 3.8) is 0 Å². The molecule has 1 saturated heterocycles. The Balaban J connectivity index is 2.14. The van der Waals surface area contributed by atoms with E-state index in [9.17, 15) is 17.6 Å². The molecule has 0 unspecified atom stereocenters. The zero-order chi connectivity index (χ0) is 20.2. The van der Waals surface area contributed by atoms with Gasteiger partial charge in [-0.2, -0.15) is 0 Å². The van der Waals surface area contributed by atoms with E-state index in [0.29, 0.717) is 23.1 Å². The van der Waals surface area contributed by atoms with E-state index in [2.05, 4.69) is 5.32 Å². The number of carbonyl (C=O) groups is 1. The number of amides is 2. The highest BCUT2D eigenvalue weighted by Gasteiger charge is 2.25. The number of hydrogen-bond donors (Lipinski definition) is 3. The first-order chi connectivity index (χ1) is 12.6. The molecule has 0 bridgehead atoms. The Morgan fingerprint density at radius 3 is 2.59 bits per heavy atom. The SMILES string of the molecule is C[C@H](CS(=O)(=O)N(C)C(=N)N)c1cc(NC(=O)N2CCCCC2)ccc1F. The van der Waals surface area contributed by atoms with E-state index in [-0.39, 0.29) is 11.6 Å². The van der Waals surface area contributed by atoms with Crippen molar-refractivity contribution in [2.45, 2.75) is 32.1 Å². The second-order valence-electron chi connectivity index (χ2n) is 6.75. The van der Waals surface area contributed by atoms with Crippen LogP contribution in [0.15, 0.2) is 18.2 Å². The van der Waals surface area contributed by atoms with Crippen molar-refractivity contribution in [1.29, 1.82) is 5.41 Å². The van der Waals surface area contributed by atoms with Crippen molar-refractivity contribution >= 4 is 27.7 Å². The molecule has 1 fully saturated rings. The predicted molar refractivity (Wildman–Crippen MR) is 103 cm³/mol. The van der Waals surface area contributed by atoms with Gasteiger partial charge in [-0.15, -0.1) is 0 Å². The molecule has 2 amide bonds. The second kappa shape index (κ2) is 8.55. The molecule has 10 heteroatoms. The monoisotopic (exact) mass is 399 g/mol. The summed E-state index contributed by atoms with van der Waals surface area (Å²) in [4.78, 5) is 14.0. The molecule has 0 radical (unpaired) electrons. The predicted octanol–water partition coefficient (Wildman–Crippen LogP) is 2.10. The Morgan fingerprint density at radius 2 is 2.00 bits per heavy atom. The molecular formula is C17H26FN5O3S. The molecule has 1 aliphatic rings. The lowest BCUT2D eigenvalue weighted by molar-refractivity contribution is 0.200. The molecule has 0 aliphatic carbocycles. The van der Waals surface area contributed by atoms with Crippen molar-refractivity contribution in [3.8, 4) is 0 Å². The number of guanidine groups is 1. The molecule has 1 aromatic rings. The molecule has 0 aromatic heterocycles. The van der Waals surface area contributed by atoms with E-state index in [4.69, 9.17) is 11.1 Å². The van der Waals surface area contributed by atoms with Crippen LogP contribution in [0.3, 0.4) is 0 Å². The first-order valence-corrected chi connectivity index (χ1v) is 10.4. The van der Waals surface area contributed by atoms with Crippen LogP contribution in [-0.2, 0) is 10.0 Å². The molecular weight excluding hydrogens is 373 g/mol. The molecule has 1 aliphatic heterocycles. The van der Waals surface area contributed by atoms with Crippen LogP contribution in [0.5, 0.6) is 0 Å². The Bertz CT molecular complexity index is 809. The fourth-order valence-electron chi connectivity index (χ4n) is 2.97. The van der Waals surface area contributed by atoms with E-state index in [1.807, 2.05) is 0 Å². The molecule has 0 saturated carbocycles. The number of benzene rings is 1. The van der Waals surface area contributed by atoms with Crippen molar-refractivity contribution in [2.75, 3.05) is 31.2 Å². The van der Waals surface area contributed by atoms with Gasteiger partial charge in [-0.3, -0.25) is 5.41 Å². The number of anilines is 1. The maximum Gasteiger partial charge on any atom is 0.321 e. The summed E-state index contributed by atoms with van der Waals surface area (Å²) in [7, 11) is -2.68. The lowest BCUT2D eigenvalue weighted by atomic mass is 10.0. The highest BCUT2D eigenvalue weighted by molar-refractivity contribution is 7.89. The van der Waals surface area contributed by atoms with Crippen molar-refractivity contribution in [3.05, 3.63) is 29.6 Å². The van der Waals surface area contributed by atoms with Gasteiger partial charge < -0.3 is 16.0 Å². The summed E-state index contributed by atoms with van der Waals surface area (Å²) in [5.74, 6) is -2.27. The van der Waals surface area contributed by atoms with Gasteiger partial charge in [-0.05, 0) is 48.9 Å². The third-order valence-corrected chi connectivity index (χ3v) is 6.59. The molecule has 0 spiro atoms. The number of nitrogens with one attached hydrogen (secondary N) is 2. The average molecular weight is 399 g/mol. The van der Waals surface area contributed by atoms with Crippen LogP contribution in [0.1, 0.15) is 37.7 Å².